The molecule has 1 aliphatic carbocycles. The molecule has 0 spiro atoms. The first kappa shape index (κ1) is 15.5. The molecule has 0 aliphatic heterocycles. The average Bonchev–Trinajstić information content (AvgIpc) is 2.44. The zero-order chi connectivity index (χ0) is 14.0. The molecule has 1 aliphatic rings. The van der Waals surface area contributed by atoms with Crippen molar-refractivity contribution in [1.82, 2.24) is 0 Å². The Morgan fingerprint density at radius 1 is 1.44 bits per heavy atom. The minimum Gasteiger partial charge on any atom is -0.466 e. The molecule has 1 fully saturated rings. The minimum atomic E-state index is -0.897. The van der Waals surface area contributed by atoms with Crippen molar-refractivity contribution < 1.29 is 14.6 Å². The molecule has 0 heterocycles. The van der Waals surface area contributed by atoms with Crippen LogP contribution in [0.2, 0.25) is 0 Å². The maximum atomic E-state index is 12.1. The molecular formula is C15H28O3. The summed E-state index contributed by atoms with van der Waals surface area (Å²) in [6.45, 7) is 10.6. The van der Waals surface area contributed by atoms with Crippen molar-refractivity contribution >= 4 is 5.97 Å². The molecule has 3 unspecified atom stereocenters. The molecule has 0 aromatic carbocycles. The second-order valence-corrected chi connectivity index (χ2v) is 6.53. The molecule has 1 saturated carbocycles. The van der Waals surface area contributed by atoms with Crippen LogP contribution in [0.1, 0.15) is 60.3 Å². The number of hydrogen-bond acceptors (Lipinski definition) is 3. The standard InChI is InChI=1S/C15H28O3/c1-6-8-12(13(16)18-7-2)15(17)10-14(4,5)9-11(15)3/h11-12,17H,6-10H2,1-5H3. The van der Waals surface area contributed by atoms with Crippen molar-refractivity contribution in [3.05, 3.63) is 0 Å². The Morgan fingerprint density at radius 3 is 2.44 bits per heavy atom. The van der Waals surface area contributed by atoms with Crippen molar-refractivity contribution in [2.45, 2.75) is 65.9 Å². The topological polar surface area (TPSA) is 46.5 Å². The third-order valence-corrected chi connectivity index (χ3v) is 4.23. The van der Waals surface area contributed by atoms with Crippen LogP contribution in [-0.4, -0.2) is 23.3 Å². The molecule has 106 valence electrons. The van der Waals surface area contributed by atoms with Crippen molar-refractivity contribution in [3.63, 3.8) is 0 Å². The van der Waals surface area contributed by atoms with E-state index in [0.29, 0.717) is 19.4 Å². The number of aliphatic hydroxyl groups is 1. The molecule has 0 aromatic heterocycles. The van der Waals surface area contributed by atoms with Crippen LogP contribution >= 0.6 is 0 Å². The second-order valence-electron chi connectivity index (χ2n) is 6.53. The zero-order valence-electron chi connectivity index (χ0n) is 12.5. The third-order valence-electron chi connectivity index (χ3n) is 4.23. The number of ether oxygens (including phenoxy) is 1. The highest BCUT2D eigenvalue weighted by Gasteiger charge is 2.54. The van der Waals surface area contributed by atoms with Crippen molar-refractivity contribution in [1.29, 1.82) is 0 Å². The number of hydrogen-bond donors (Lipinski definition) is 1. The SMILES string of the molecule is CCCC(C(=O)OCC)C1(O)CC(C)(C)CC1C. The van der Waals surface area contributed by atoms with Crippen LogP contribution in [0.15, 0.2) is 0 Å². The van der Waals surface area contributed by atoms with Gasteiger partial charge in [0.15, 0.2) is 0 Å². The summed E-state index contributed by atoms with van der Waals surface area (Å²) in [5, 5.41) is 11.0. The largest absolute Gasteiger partial charge is 0.466 e. The van der Waals surface area contributed by atoms with E-state index in [-0.39, 0.29) is 23.2 Å². The van der Waals surface area contributed by atoms with E-state index < -0.39 is 5.60 Å². The van der Waals surface area contributed by atoms with E-state index in [1.807, 2.05) is 13.8 Å². The normalized spacial score (nSPS) is 32.2. The van der Waals surface area contributed by atoms with E-state index in [1.54, 1.807) is 0 Å². The lowest BCUT2D eigenvalue weighted by atomic mass is 9.76. The highest BCUT2D eigenvalue weighted by Crippen LogP contribution is 2.51. The van der Waals surface area contributed by atoms with Crippen LogP contribution in [0.25, 0.3) is 0 Å². The molecule has 18 heavy (non-hydrogen) atoms. The Hall–Kier alpha value is -0.570. The fraction of sp³-hybridized carbons (Fsp3) is 0.933. The first-order valence-corrected chi connectivity index (χ1v) is 7.16. The molecule has 0 bridgehead atoms. The maximum absolute atomic E-state index is 12.1. The quantitative estimate of drug-likeness (QED) is 0.769. The number of esters is 1. The van der Waals surface area contributed by atoms with Gasteiger partial charge in [0.25, 0.3) is 0 Å². The van der Waals surface area contributed by atoms with Crippen molar-refractivity contribution in [2.75, 3.05) is 6.61 Å². The van der Waals surface area contributed by atoms with Crippen LogP contribution in [-0.2, 0) is 9.53 Å². The van der Waals surface area contributed by atoms with E-state index in [0.717, 1.165) is 12.8 Å². The van der Waals surface area contributed by atoms with Gasteiger partial charge in [-0.1, -0.05) is 34.1 Å². The lowest BCUT2D eigenvalue weighted by molar-refractivity contribution is -0.162. The zero-order valence-corrected chi connectivity index (χ0v) is 12.5. The van der Waals surface area contributed by atoms with Crippen molar-refractivity contribution in [2.24, 2.45) is 17.3 Å². The monoisotopic (exact) mass is 256 g/mol. The summed E-state index contributed by atoms with van der Waals surface area (Å²) in [7, 11) is 0. The van der Waals surface area contributed by atoms with Gasteiger partial charge in [-0.05, 0) is 37.5 Å². The molecule has 0 radical (unpaired) electrons. The molecule has 1 N–H and O–H groups in total. The van der Waals surface area contributed by atoms with Gasteiger partial charge in [-0.15, -0.1) is 0 Å². The molecule has 0 saturated heterocycles. The van der Waals surface area contributed by atoms with E-state index in [2.05, 4.69) is 20.8 Å². The van der Waals surface area contributed by atoms with Gasteiger partial charge in [0.05, 0.1) is 18.1 Å². The Kier molecular flexibility index (Phi) is 4.82. The predicted molar refractivity (Wildman–Crippen MR) is 72.2 cm³/mol. The molecule has 3 atom stereocenters. The predicted octanol–water partition coefficient (Wildman–Crippen LogP) is 3.15. The van der Waals surface area contributed by atoms with Gasteiger partial charge in [0, 0.05) is 0 Å². The average molecular weight is 256 g/mol. The summed E-state index contributed by atoms with van der Waals surface area (Å²) in [6.07, 6.45) is 3.24. The van der Waals surface area contributed by atoms with E-state index in [9.17, 15) is 9.90 Å². The summed E-state index contributed by atoms with van der Waals surface area (Å²) >= 11 is 0. The van der Waals surface area contributed by atoms with Gasteiger partial charge in [-0.3, -0.25) is 4.79 Å². The molecule has 3 heteroatoms. The summed E-state index contributed by atoms with van der Waals surface area (Å²) < 4.78 is 5.15. The fourth-order valence-corrected chi connectivity index (χ4v) is 3.59. The number of rotatable bonds is 5. The second kappa shape index (κ2) is 5.60. The van der Waals surface area contributed by atoms with Gasteiger partial charge < -0.3 is 9.84 Å². The number of carbonyl (C=O) groups excluding carboxylic acids is 1. The summed E-state index contributed by atoms with van der Waals surface area (Å²) in [4.78, 5) is 12.1. The smallest absolute Gasteiger partial charge is 0.311 e. The van der Waals surface area contributed by atoms with Crippen LogP contribution in [0, 0.1) is 17.3 Å². The number of carbonyl (C=O) groups is 1. The van der Waals surface area contributed by atoms with Gasteiger partial charge in [0.2, 0.25) is 0 Å². The summed E-state index contributed by atoms with van der Waals surface area (Å²) in [5.74, 6) is -0.459. The van der Waals surface area contributed by atoms with Crippen molar-refractivity contribution in [3.8, 4) is 0 Å². The Bertz CT molecular complexity index is 298. The van der Waals surface area contributed by atoms with E-state index >= 15 is 0 Å². The Balaban J connectivity index is 2.94. The van der Waals surface area contributed by atoms with Gasteiger partial charge in [0.1, 0.15) is 0 Å². The molecule has 0 amide bonds. The van der Waals surface area contributed by atoms with Crippen LogP contribution in [0.3, 0.4) is 0 Å². The highest BCUT2D eigenvalue weighted by atomic mass is 16.5. The first-order chi connectivity index (χ1) is 8.27. The summed E-state index contributed by atoms with van der Waals surface area (Å²) in [5.41, 5.74) is -0.793. The van der Waals surface area contributed by atoms with Crippen LogP contribution in [0.4, 0.5) is 0 Å². The minimum absolute atomic E-state index is 0.104. The van der Waals surface area contributed by atoms with E-state index in [1.165, 1.54) is 0 Å². The fourth-order valence-electron chi connectivity index (χ4n) is 3.59. The molecular weight excluding hydrogens is 228 g/mol. The Labute approximate surface area is 111 Å². The third kappa shape index (κ3) is 3.05. The molecule has 3 nitrogen and oxygen atoms in total. The van der Waals surface area contributed by atoms with Gasteiger partial charge in [-0.25, -0.2) is 0 Å². The Morgan fingerprint density at radius 2 is 2.06 bits per heavy atom. The van der Waals surface area contributed by atoms with Crippen LogP contribution < -0.4 is 0 Å². The van der Waals surface area contributed by atoms with Crippen LogP contribution in [0.5, 0.6) is 0 Å². The first-order valence-electron chi connectivity index (χ1n) is 7.16. The van der Waals surface area contributed by atoms with Gasteiger partial charge >= 0.3 is 5.97 Å². The molecule has 1 rings (SSSR count). The highest BCUT2D eigenvalue weighted by molar-refractivity contribution is 5.74. The lowest BCUT2D eigenvalue weighted by Crippen LogP contribution is -2.45. The maximum Gasteiger partial charge on any atom is 0.311 e. The lowest BCUT2D eigenvalue weighted by Gasteiger charge is -2.35. The van der Waals surface area contributed by atoms with E-state index in [4.69, 9.17) is 4.74 Å². The van der Waals surface area contributed by atoms with Gasteiger partial charge in [-0.2, -0.15) is 0 Å². The molecule has 0 aromatic rings. The summed E-state index contributed by atoms with van der Waals surface area (Å²) in [6, 6.07) is 0.